The number of likely N-dealkylation sites (tertiary alicyclic amines) is 1. The zero-order valence-electron chi connectivity index (χ0n) is 10.6. The van der Waals surface area contributed by atoms with Crippen molar-refractivity contribution < 1.29 is 24.7 Å². The van der Waals surface area contributed by atoms with Crippen LogP contribution in [0.25, 0.3) is 0 Å². The van der Waals surface area contributed by atoms with Crippen LogP contribution in [-0.2, 0) is 4.79 Å². The number of hydrogen-bond acceptors (Lipinski definition) is 5. The van der Waals surface area contributed by atoms with E-state index in [1.807, 2.05) is 0 Å². The molecule has 0 saturated carbocycles. The Labute approximate surface area is 123 Å². The summed E-state index contributed by atoms with van der Waals surface area (Å²) >= 11 is 5.85. The van der Waals surface area contributed by atoms with Crippen LogP contribution in [0.15, 0.2) is 18.2 Å². The second-order valence-electron chi connectivity index (χ2n) is 4.59. The standard InChI is InChI=1S/C12H11ClN2O6/c13-7-2-1-3-8(15(20)21)10(7)11(17)14-5-6(16)4-9(14)12(18)19/h1-3,6,9,16H,4-5H2,(H,18,19). The van der Waals surface area contributed by atoms with Crippen molar-refractivity contribution in [2.75, 3.05) is 6.54 Å². The first kappa shape index (κ1) is 15.2. The van der Waals surface area contributed by atoms with E-state index >= 15 is 0 Å². The predicted molar refractivity (Wildman–Crippen MR) is 71.2 cm³/mol. The highest BCUT2D eigenvalue weighted by molar-refractivity contribution is 6.34. The number of carboxylic acids is 1. The summed E-state index contributed by atoms with van der Waals surface area (Å²) in [5, 5.41) is 29.5. The highest BCUT2D eigenvalue weighted by Crippen LogP contribution is 2.30. The monoisotopic (exact) mass is 314 g/mol. The molecule has 1 aromatic carbocycles. The van der Waals surface area contributed by atoms with Gasteiger partial charge < -0.3 is 15.1 Å². The molecule has 2 rings (SSSR count). The Hall–Kier alpha value is -2.19. The lowest BCUT2D eigenvalue weighted by atomic mass is 10.1. The van der Waals surface area contributed by atoms with Crippen molar-refractivity contribution in [1.82, 2.24) is 4.90 Å². The number of aliphatic hydroxyl groups is 1. The first-order valence-corrected chi connectivity index (χ1v) is 6.35. The number of carbonyl (C=O) groups is 2. The van der Waals surface area contributed by atoms with E-state index in [9.17, 15) is 24.8 Å². The molecule has 0 aromatic heterocycles. The number of hydrogen-bond donors (Lipinski definition) is 2. The Morgan fingerprint density at radius 1 is 1.43 bits per heavy atom. The minimum absolute atomic E-state index is 0.126. The van der Waals surface area contributed by atoms with Gasteiger partial charge in [-0.25, -0.2) is 4.79 Å². The zero-order valence-corrected chi connectivity index (χ0v) is 11.4. The van der Waals surface area contributed by atoms with Crippen molar-refractivity contribution in [3.05, 3.63) is 38.9 Å². The smallest absolute Gasteiger partial charge is 0.326 e. The molecule has 0 bridgehead atoms. The van der Waals surface area contributed by atoms with Crippen LogP contribution in [0, 0.1) is 10.1 Å². The summed E-state index contributed by atoms with van der Waals surface area (Å²) in [6.07, 6.45) is -1.11. The number of rotatable bonds is 3. The molecule has 1 saturated heterocycles. The Morgan fingerprint density at radius 3 is 2.67 bits per heavy atom. The van der Waals surface area contributed by atoms with Crippen molar-refractivity contribution in [2.45, 2.75) is 18.6 Å². The molecule has 1 aliphatic rings. The molecule has 1 amide bonds. The van der Waals surface area contributed by atoms with Crippen LogP contribution in [-0.4, -0.2) is 50.6 Å². The lowest BCUT2D eigenvalue weighted by Gasteiger charge is -2.21. The van der Waals surface area contributed by atoms with Gasteiger partial charge in [-0.05, 0) is 6.07 Å². The lowest BCUT2D eigenvalue weighted by molar-refractivity contribution is -0.385. The van der Waals surface area contributed by atoms with Gasteiger partial charge in [-0.3, -0.25) is 14.9 Å². The summed E-state index contributed by atoms with van der Waals surface area (Å²) in [5.74, 6) is -2.16. The second kappa shape index (κ2) is 5.66. The number of halogens is 1. The van der Waals surface area contributed by atoms with Crippen LogP contribution in [0.5, 0.6) is 0 Å². The molecule has 2 N–H and O–H groups in total. The third-order valence-electron chi connectivity index (χ3n) is 3.23. The number of nitro groups is 1. The Bertz CT molecular complexity index is 620. The van der Waals surface area contributed by atoms with E-state index in [-0.39, 0.29) is 23.6 Å². The van der Waals surface area contributed by atoms with Gasteiger partial charge in [0.25, 0.3) is 11.6 Å². The fourth-order valence-corrected chi connectivity index (χ4v) is 2.54. The van der Waals surface area contributed by atoms with Crippen LogP contribution in [0.1, 0.15) is 16.8 Å². The maximum Gasteiger partial charge on any atom is 0.326 e. The number of β-amino-alcohol motifs (C(OH)–C–C–N with tert-alkyl or cyclic N) is 1. The number of benzene rings is 1. The fourth-order valence-electron chi connectivity index (χ4n) is 2.29. The first-order chi connectivity index (χ1) is 9.82. The average molecular weight is 315 g/mol. The molecule has 0 aliphatic carbocycles. The fraction of sp³-hybridized carbons (Fsp3) is 0.333. The summed E-state index contributed by atoms with van der Waals surface area (Å²) in [6.45, 7) is -0.210. The molecule has 112 valence electrons. The van der Waals surface area contributed by atoms with E-state index < -0.39 is 34.6 Å². The average Bonchev–Trinajstić information content (AvgIpc) is 2.80. The van der Waals surface area contributed by atoms with Crippen LogP contribution >= 0.6 is 11.6 Å². The minimum atomic E-state index is -1.28. The molecule has 0 spiro atoms. The lowest BCUT2D eigenvalue weighted by Crippen LogP contribution is -2.40. The minimum Gasteiger partial charge on any atom is -0.480 e. The summed E-state index contributed by atoms with van der Waals surface area (Å²) in [5.41, 5.74) is -0.873. The van der Waals surface area contributed by atoms with Gasteiger partial charge in [0.2, 0.25) is 0 Å². The maximum absolute atomic E-state index is 12.4. The van der Waals surface area contributed by atoms with Gasteiger partial charge in [-0.15, -0.1) is 0 Å². The molecule has 1 heterocycles. The quantitative estimate of drug-likeness (QED) is 0.631. The van der Waals surface area contributed by atoms with E-state index in [1.165, 1.54) is 12.1 Å². The van der Waals surface area contributed by atoms with Gasteiger partial charge in [-0.2, -0.15) is 0 Å². The molecule has 1 aromatic rings. The highest BCUT2D eigenvalue weighted by Gasteiger charge is 2.41. The second-order valence-corrected chi connectivity index (χ2v) is 5.00. The van der Waals surface area contributed by atoms with Crippen LogP contribution in [0.2, 0.25) is 5.02 Å². The molecule has 1 fully saturated rings. The third kappa shape index (κ3) is 2.81. The summed E-state index contributed by atoms with van der Waals surface area (Å²) in [6, 6.07) is 2.51. The van der Waals surface area contributed by atoms with Crippen molar-refractivity contribution >= 4 is 29.2 Å². The van der Waals surface area contributed by atoms with E-state index in [4.69, 9.17) is 16.7 Å². The molecule has 8 nitrogen and oxygen atoms in total. The van der Waals surface area contributed by atoms with Crippen LogP contribution < -0.4 is 0 Å². The Balaban J connectivity index is 2.45. The van der Waals surface area contributed by atoms with E-state index in [0.717, 1.165) is 11.0 Å². The summed E-state index contributed by atoms with van der Waals surface area (Å²) in [7, 11) is 0. The zero-order chi connectivity index (χ0) is 15.7. The maximum atomic E-state index is 12.4. The van der Waals surface area contributed by atoms with Crippen LogP contribution in [0.3, 0.4) is 0 Å². The van der Waals surface area contributed by atoms with Gasteiger partial charge in [0.15, 0.2) is 0 Å². The third-order valence-corrected chi connectivity index (χ3v) is 3.54. The van der Waals surface area contributed by atoms with Gasteiger partial charge in [0.05, 0.1) is 16.0 Å². The van der Waals surface area contributed by atoms with Gasteiger partial charge in [-0.1, -0.05) is 17.7 Å². The summed E-state index contributed by atoms with van der Waals surface area (Å²) in [4.78, 5) is 34.7. The number of carbonyl (C=O) groups excluding carboxylic acids is 1. The van der Waals surface area contributed by atoms with Crippen molar-refractivity contribution in [2.24, 2.45) is 0 Å². The molecule has 1 aliphatic heterocycles. The van der Waals surface area contributed by atoms with Crippen LogP contribution in [0.4, 0.5) is 5.69 Å². The molecule has 0 radical (unpaired) electrons. The van der Waals surface area contributed by atoms with Gasteiger partial charge in [0.1, 0.15) is 11.6 Å². The molecule has 21 heavy (non-hydrogen) atoms. The molecule has 2 atom stereocenters. The summed E-state index contributed by atoms with van der Waals surface area (Å²) < 4.78 is 0. The first-order valence-electron chi connectivity index (χ1n) is 5.97. The Kier molecular flexibility index (Phi) is 4.10. The predicted octanol–water partition coefficient (Wildman–Crippen LogP) is 0.908. The van der Waals surface area contributed by atoms with E-state index in [1.54, 1.807) is 0 Å². The number of nitrogens with zero attached hydrogens (tertiary/aromatic N) is 2. The van der Waals surface area contributed by atoms with Gasteiger partial charge in [0, 0.05) is 19.0 Å². The molecular weight excluding hydrogens is 304 g/mol. The Morgan fingerprint density at radius 2 is 2.10 bits per heavy atom. The van der Waals surface area contributed by atoms with Crippen molar-refractivity contribution in [3.8, 4) is 0 Å². The van der Waals surface area contributed by atoms with Crippen molar-refractivity contribution in [3.63, 3.8) is 0 Å². The SMILES string of the molecule is O=C(O)C1CC(O)CN1C(=O)c1c(Cl)cccc1[N+](=O)[O-]. The highest BCUT2D eigenvalue weighted by atomic mass is 35.5. The number of aliphatic hydroxyl groups excluding tert-OH is 1. The van der Waals surface area contributed by atoms with Crippen molar-refractivity contribution in [1.29, 1.82) is 0 Å². The molecule has 2 unspecified atom stereocenters. The van der Waals surface area contributed by atoms with E-state index in [2.05, 4.69) is 0 Å². The largest absolute Gasteiger partial charge is 0.480 e. The molecule has 9 heteroatoms. The normalized spacial score (nSPS) is 21.3. The number of nitro benzene ring substituents is 1. The molecular formula is C12H11ClN2O6. The van der Waals surface area contributed by atoms with E-state index in [0.29, 0.717) is 0 Å². The number of carboxylic acid groups (broad SMARTS) is 1. The topological polar surface area (TPSA) is 121 Å². The number of aliphatic carboxylic acids is 1. The number of amides is 1. The van der Waals surface area contributed by atoms with Gasteiger partial charge >= 0.3 is 5.97 Å².